The summed E-state index contributed by atoms with van der Waals surface area (Å²) in [6, 6.07) is 14.0. The lowest BCUT2D eigenvalue weighted by atomic mass is 10.2. The first-order valence-corrected chi connectivity index (χ1v) is 10.9. The highest BCUT2D eigenvalue weighted by Gasteiger charge is 2.20. The van der Waals surface area contributed by atoms with Crippen LogP contribution in [0.15, 0.2) is 46.9 Å². The maximum atomic E-state index is 12.7. The Morgan fingerprint density at radius 1 is 1.31 bits per heavy atom. The Kier molecular flexibility index (Phi) is 5.43. The molecular formula is C21H19N5OS2. The summed E-state index contributed by atoms with van der Waals surface area (Å²) in [4.78, 5) is 21.5. The number of anilines is 1. The predicted octanol–water partition coefficient (Wildman–Crippen LogP) is 4.69. The van der Waals surface area contributed by atoms with E-state index in [1.54, 1.807) is 11.3 Å². The number of nitrogens with zero attached hydrogens (tertiary/aromatic N) is 3. The molecule has 0 unspecified atom stereocenters. The number of carbonyl (C=O) groups excluding carboxylic acids is 1. The third-order valence-electron chi connectivity index (χ3n) is 4.80. The van der Waals surface area contributed by atoms with E-state index >= 15 is 0 Å². The second kappa shape index (κ2) is 8.15. The number of hydrogen-bond acceptors (Lipinski definition) is 5. The number of amides is 1. The number of carbonyl (C=O) groups is 1. The number of aromatic amines is 1. The zero-order chi connectivity index (χ0) is 20.4. The van der Waals surface area contributed by atoms with Crippen LogP contribution >= 0.6 is 23.1 Å². The molecule has 1 amide bonds. The lowest BCUT2D eigenvalue weighted by Gasteiger charge is -2.12. The second-order valence-corrected chi connectivity index (χ2v) is 8.60. The fourth-order valence-corrected chi connectivity index (χ4v) is 4.56. The minimum absolute atomic E-state index is 0.170. The van der Waals surface area contributed by atoms with Gasteiger partial charge in [0.2, 0.25) is 5.91 Å². The van der Waals surface area contributed by atoms with Crippen molar-refractivity contribution in [2.45, 2.75) is 25.5 Å². The normalized spacial score (nSPS) is 10.9. The molecule has 0 spiro atoms. The van der Waals surface area contributed by atoms with E-state index in [9.17, 15) is 10.1 Å². The largest absolute Gasteiger partial charge is 0.333 e. The highest BCUT2D eigenvalue weighted by Crippen LogP contribution is 2.28. The van der Waals surface area contributed by atoms with Crippen LogP contribution in [-0.4, -0.2) is 26.2 Å². The molecule has 3 heterocycles. The summed E-state index contributed by atoms with van der Waals surface area (Å²) in [5, 5.41) is 15.3. The van der Waals surface area contributed by atoms with E-state index in [1.807, 2.05) is 54.1 Å². The third-order valence-corrected chi connectivity index (χ3v) is 6.54. The van der Waals surface area contributed by atoms with E-state index in [0.29, 0.717) is 23.1 Å². The van der Waals surface area contributed by atoms with Gasteiger partial charge in [-0.3, -0.25) is 4.79 Å². The van der Waals surface area contributed by atoms with Gasteiger partial charge < -0.3 is 14.9 Å². The average molecular weight is 422 g/mol. The van der Waals surface area contributed by atoms with Crippen molar-refractivity contribution in [1.29, 1.82) is 5.26 Å². The fraction of sp³-hybridized carbons (Fsp3) is 0.190. The van der Waals surface area contributed by atoms with Gasteiger partial charge in [0.15, 0.2) is 5.16 Å². The molecule has 3 aromatic heterocycles. The van der Waals surface area contributed by atoms with E-state index in [0.717, 1.165) is 22.3 Å². The molecule has 146 valence electrons. The molecule has 0 atom stereocenters. The van der Waals surface area contributed by atoms with E-state index in [1.165, 1.54) is 16.6 Å². The summed E-state index contributed by atoms with van der Waals surface area (Å²) in [6.45, 7) is 4.51. The summed E-state index contributed by atoms with van der Waals surface area (Å²) >= 11 is 2.99. The van der Waals surface area contributed by atoms with E-state index in [-0.39, 0.29) is 11.7 Å². The van der Waals surface area contributed by atoms with Crippen molar-refractivity contribution in [2.24, 2.45) is 0 Å². The first-order chi connectivity index (χ1) is 14.1. The summed E-state index contributed by atoms with van der Waals surface area (Å²) in [5.74, 6) is 0.593. The number of nitrogens with one attached hydrogen (secondary N) is 2. The van der Waals surface area contributed by atoms with Crippen molar-refractivity contribution in [3.63, 3.8) is 0 Å². The number of imidazole rings is 1. The Morgan fingerprint density at radius 2 is 2.14 bits per heavy atom. The van der Waals surface area contributed by atoms with Crippen molar-refractivity contribution in [1.82, 2.24) is 14.5 Å². The van der Waals surface area contributed by atoms with Crippen molar-refractivity contribution < 1.29 is 4.79 Å². The Balaban J connectivity index is 1.52. The Labute approximate surface area is 176 Å². The average Bonchev–Trinajstić information content (AvgIpc) is 3.42. The van der Waals surface area contributed by atoms with Crippen LogP contribution in [0.2, 0.25) is 0 Å². The van der Waals surface area contributed by atoms with Crippen LogP contribution in [0.5, 0.6) is 0 Å². The molecule has 4 rings (SSSR count). The molecule has 1 aromatic carbocycles. The second-order valence-electron chi connectivity index (χ2n) is 6.61. The summed E-state index contributed by atoms with van der Waals surface area (Å²) in [5.41, 5.74) is 4.21. The maximum Gasteiger partial charge on any atom is 0.235 e. The minimum atomic E-state index is -0.170. The molecule has 0 saturated carbocycles. The predicted molar refractivity (Wildman–Crippen MR) is 117 cm³/mol. The number of nitriles is 1. The van der Waals surface area contributed by atoms with Gasteiger partial charge in [-0.15, -0.1) is 11.3 Å². The summed E-state index contributed by atoms with van der Waals surface area (Å²) in [7, 11) is 0. The molecule has 0 fully saturated rings. The highest BCUT2D eigenvalue weighted by molar-refractivity contribution is 7.99. The van der Waals surface area contributed by atoms with Crippen LogP contribution in [0.1, 0.15) is 21.7 Å². The highest BCUT2D eigenvalue weighted by atomic mass is 32.2. The van der Waals surface area contributed by atoms with Crippen molar-refractivity contribution >= 4 is 45.9 Å². The molecule has 0 aliphatic rings. The van der Waals surface area contributed by atoms with Crippen LogP contribution in [0, 0.1) is 25.2 Å². The minimum Gasteiger partial charge on any atom is -0.333 e. The monoisotopic (exact) mass is 421 g/mol. The van der Waals surface area contributed by atoms with Crippen LogP contribution in [0.4, 0.5) is 5.82 Å². The number of hydrogen-bond donors (Lipinski definition) is 2. The molecule has 0 aliphatic heterocycles. The summed E-state index contributed by atoms with van der Waals surface area (Å²) < 4.78 is 2.00. The number of thiophene rings is 1. The van der Waals surface area contributed by atoms with Gasteiger partial charge in [-0.2, -0.15) is 5.26 Å². The van der Waals surface area contributed by atoms with Gasteiger partial charge in [-0.25, -0.2) is 4.98 Å². The molecule has 8 heteroatoms. The lowest BCUT2D eigenvalue weighted by molar-refractivity contribution is -0.113. The number of thioether (sulfide) groups is 1. The van der Waals surface area contributed by atoms with Crippen molar-refractivity contribution in [2.75, 3.05) is 11.1 Å². The zero-order valence-electron chi connectivity index (χ0n) is 16.0. The quantitative estimate of drug-likeness (QED) is 0.442. The van der Waals surface area contributed by atoms with E-state index in [4.69, 9.17) is 0 Å². The molecule has 0 aliphatic carbocycles. The molecule has 29 heavy (non-hydrogen) atoms. The van der Waals surface area contributed by atoms with Gasteiger partial charge >= 0.3 is 0 Å². The number of para-hydroxylation sites is 2. The number of fused-ring (bicyclic) bond motifs is 1. The first-order valence-electron chi connectivity index (χ1n) is 9.06. The Hall–Kier alpha value is -3.02. The number of aromatic nitrogens is 3. The van der Waals surface area contributed by atoms with Gasteiger partial charge in [-0.1, -0.05) is 30.0 Å². The maximum absolute atomic E-state index is 12.7. The smallest absolute Gasteiger partial charge is 0.235 e. The van der Waals surface area contributed by atoms with Gasteiger partial charge in [0, 0.05) is 10.6 Å². The topological polar surface area (TPSA) is 86.5 Å². The van der Waals surface area contributed by atoms with Crippen LogP contribution in [0.25, 0.3) is 11.0 Å². The number of rotatable bonds is 6. The zero-order valence-corrected chi connectivity index (χ0v) is 17.7. The first kappa shape index (κ1) is 19.3. The fourth-order valence-electron chi connectivity index (χ4n) is 3.19. The standard InChI is InChI=1S/C21H19N5OS2/c1-13-14(2)26(11-15-6-5-9-28-15)20(16(13)10-22)25-19(27)12-29-21-23-17-7-3-4-8-18(17)24-21/h3-9H,11-12H2,1-2H3,(H,23,24)(H,25,27). The molecule has 0 bridgehead atoms. The number of benzene rings is 1. The van der Waals surface area contributed by atoms with Crippen molar-refractivity contribution in [3.8, 4) is 6.07 Å². The Morgan fingerprint density at radius 3 is 2.86 bits per heavy atom. The molecule has 4 aromatic rings. The molecule has 0 saturated heterocycles. The van der Waals surface area contributed by atoms with Gasteiger partial charge in [0.25, 0.3) is 0 Å². The molecular weight excluding hydrogens is 402 g/mol. The molecule has 6 nitrogen and oxygen atoms in total. The lowest BCUT2D eigenvalue weighted by Crippen LogP contribution is -2.18. The third kappa shape index (κ3) is 3.92. The van der Waals surface area contributed by atoms with E-state index in [2.05, 4.69) is 27.4 Å². The van der Waals surface area contributed by atoms with E-state index < -0.39 is 0 Å². The summed E-state index contributed by atoms with van der Waals surface area (Å²) in [6.07, 6.45) is 0. The van der Waals surface area contributed by atoms with Crippen LogP contribution in [-0.2, 0) is 11.3 Å². The Bertz CT molecular complexity index is 1180. The number of H-pyrrole nitrogens is 1. The van der Waals surface area contributed by atoms with Gasteiger partial charge in [0.1, 0.15) is 11.9 Å². The van der Waals surface area contributed by atoms with Crippen LogP contribution in [0.3, 0.4) is 0 Å². The van der Waals surface area contributed by atoms with Crippen LogP contribution < -0.4 is 5.32 Å². The molecule has 0 radical (unpaired) electrons. The van der Waals surface area contributed by atoms with Crippen molar-refractivity contribution in [3.05, 3.63) is 63.5 Å². The SMILES string of the molecule is Cc1c(C#N)c(NC(=O)CSc2nc3ccccc3[nH]2)n(Cc2cccs2)c1C. The van der Waals surface area contributed by atoms with Gasteiger partial charge in [0.05, 0.1) is 28.9 Å². The molecule has 2 N–H and O–H groups in total. The van der Waals surface area contributed by atoms with Gasteiger partial charge in [-0.05, 0) is 43.0 Å².